The number of carbonyl (C=O) groups excluding carboxylic acids is 1. The lowest BCUT2D eigenvalue weighted by atomic mass is 10.1. The van der Waals surface area contributed by atoms with Crippen LogP contribution in [0.15, 0.2) is 53.3 Å². The van der Waals surface area contributed by atoms with Gasteiger partial charge in [-0.1, -0.05) is 23.8 Å². The van der Waals surface area contributed by atoms with Gasteiger partial charge in [0, 0.05) is 22.1 Å². The van der Waals surface area contributed by atoms with Crippen molar-refractivity contribution in [2.75, 3.05) is 6.61 Å². The van der Waals surface area contributed by atoms with Crippen LogP contribution in [-0.4, -0.2) is 17.5 Å². The number of carbonyl (C=O) groups is 1. The van der Waals surface area contributed by atoms with Gasteiger partial charge in [0.2, 0.25) is 0 Å². The molecule has 0 unspecified atom stereocenters. The Morgan fingerprint density at radius 3 is 2.64 bits per heavy atom. The lowest BCUT2D eigenvalue weighted by Gasteiger charge is -2.06. The third kappa shape index (κ3) is 3.51. The van der Waals surface area contributed by atoms with E-state index in [0.717, 1.165) is 32.5 Å². The molecule has 2 aromatic heterocycles. The van der Waals surface area contributed by atoms with Gasteiger partial charge in [-0.25, -0.2) is 0 Å². The summed E-state index contributed by atoms with van der Waals surface area (Å²) in [7, 11) is 0. The Bertz CT molecular complexity index is 1220. The molecule has 0 bridgehead atoms. The van der Waals surface area contributed by atoms with E-state index in [1.807, 2.05) is 56.3 Å². The monoisotopic (exact) mass is 392 g/mol. The van der Waals surface area contributed by atoms with Crippen LogP contribution in [0, 0.1) is 6.92 Å². The summed E-state index contributed by atoms with van der Waals surface area (Å²) < 4.78 is 6.27. The number of amides is 1. The number of fused-ring (bicyclic) bond motifs is 3. The van der Waals surface area contributed by atoms with Gasteiger partial charge in [0.15, 0.2) is 0 Å². The number of benzene rings is 2. The van der Waals surface area contributed by atoms with E-state index in [1.165, 1.54) is 11.3 Å². The van der Waals surface area contributed by atoms with Crippen molar-refractivity contribution < 1.29 is 9.53 Å². The fourth-order valence-corrected chi connectivity index (χ4v) is 4.26. The number of aromatic nitrogens is 1. The van der Waals surface area contributed by atoms with Crippen LogP contribution in [0.4, 0.5) is 0 Å². The number of rotatable bonds is 5. The molecule has 0 fully saturated rings. The number of nitrogens with one attached hydrogen (secondary N) is 2. The van der Waals surface area contributed by atoms with Crippen LogP contribution in [0.3, 0.4) is 0 Å². The van der Waals surface area contributed by atoms with Crippen LogP contribution in [0.5, 0.6) is 5.75 Å². The molecule has 142 valence electrons. The van der Waals surface area contributed by atoms with Crippen LogP contribution in [0.1, 0.15) is 27.7 Å². The van der Waals surface area contributed by atoms with Crippen molar-refractivity contribution in [3.05, 3.63) is 74.9 Å². The van der Waals surface area contributed by atoms with Crippen molar-refractivity contribution in [3.8, 4) is 5.75 Å². The SMILES string of the molecule is CCOc1ccc(CNC(=O)c2cc3c(=O)[nH]c4ccc(C)cc4c3s2)cc1. The summed E-state index contributed by atoms with van der Waals surface area (Å²) in [4.78, 5) is 28.4. The van der Waals surface area contributed by atoms with Crippen molar-refractivity contribution in [1.82, 2.24) is 10.3 Å². The molecule has 0 aliphatic heterocycles. The second-order valence-corrected chi connectivity index (χ2v) is 7.67. The number of pyridine rings is 1. The quantitative estimate of drug-likeness (QED) is 0.529. The van der Waals surface area contributed by atoms with Gasteiger partial charge < -0.3 is 15.0 Å². The molecule has 0 atom stereocenters. The minimum Gasteiger partial charge on any atom is -0.494 e. The molecule has 0 radical (unpaired) electrons. The maximum atomic E-state index is 12.6. The number of hydrogen-bond donors (Lipinski definition) is 2. The molecule has 5 nitrogen and oxygen atoms in total. The van der Waals surface area contributed by atoms with E-state index in [0.29, 0.717) is 23.4 Å². The van der Waals surface area contributed by atoms with Gasteiger partial charge in [0.05, 0.1) is 16.9 Å². The molecule has 0 aliphatic carbocycles. The summed E-state index contributed by atoms with van der Waals surface area (Å²) in [5.74, 6) is 0.624. The Balaban J connectivity index is 1.59. The lowest BCUT2D eigenvalue weighted by molar-refractivity contribution is 0.0955. The first-order valence-electron chi connectivity index (χ1n) is 9.11. The second kappa shape index (κ2) is 7.48. The van der Waals surface area contributed by atoms with Crippen LogP contribution < -0.4 is 15.6 Å². The molecule has 4 rings (SSSR count). The predicted molar refractivity (Wildman–Crippen MR) is 113 cm³/mol. The maximum Gasteiger partial charge on any atom is 0.261 e. The van der Waals surface area contributed by atoms with Gasteiger partial charge in [-0.3, -0.25) is 9.59 Å². The molecule has 4 aromatic rings. The number of aryl methyl sites for hydroxylation is 1. The summed E-state index contributed by atoms with van der Waals surface area (Å²) in [5, 5.41) is 4.44. The number of thiophene rings is 1. The van der Waals surface area contributed by atoms with Gasteiger partial charge in [-0.2, -0.15) is 0 Å². The molecule has 0 spiro atoms. The van der Waals surface area contributed by atoms with Gasteiger partial charge >= 0.3 is 0 Å². The summed E-state index contributed by atoms with van der Waals surface area (Å²) in [6.07, 6.45) is 0. The van der Waals surface area contributed by atoms with E-state index in [-0.39, 0.29) is 11.5 Å². The van der Waals surface area contributed by atoms with Crippen molar-refractivity contribution >= 4 is 38.2 Å². The molecular formula is C22H20N2O3S. The van der Waals surface area contributed by atoms with E-state index in [1.54, 1.807) is 6.07 Å². The van der Waals surface area contributed by atoms with E-state index in [4.69, 9.17) is 4.74 Å². The first-order valence-corrected chi connectivity index (χ1v) is 9.93. The van der Waals surface area contributed by atoms with E-state index < -0.39 is 0 Å². The third-order valence-corrected chi connectivity index (χ3v) is 5.72. The Labute approximate surface area is 166 Å². The van der Waals surface area contributed by atoms with Crippen LogP contribution >= 0.6 is 11.3 Å². The van der Waals surface area contributed by atoms with Gasteiger partial charge in [0.25, 0.3) is 11.5 Å². The Hall–Kier alpha value is -3.12. The fourth-order valence-electron chi connectivity index (χ4n) is 3.16. The van der Waals surface area contributed by atoms with Gasteiger partial charge in [0.1, 0.15) is 5.75 Å². The van der Waals surface area contributed by atoms with Crippen molar-refractivity contribution in [2.45, 2.75) is 20.4 Å². The Morgan fingerprint density at radius 2 is 1.89 bits per heavy atom. The molecule has 2 aromatic carbocycles. The minimum absolute atomic E-state index is 0.173. The van der Waals surface area contributed by atoms with E-state index >= 15 is 0 Å². The topological polar surface area (TPSA) is 71.2 Å². The molecule has 0 saturated carbocycles. The average molecular weight is 392 g/mol. The van der Waals surface area contributed by atoms with Crippen LogP contribution in [0.2, 0.25) is 0 Å². The summed E-state index contributed by atoms with van der Waals surface area (Å²) in [6.45, 7) is 4.98. The molecule has 0 aliphatic rings. The van der Waals surface area contributed by atoms with Crippen molar-refractivity contribution in [3.63, 3.8) is 0 Å². The summed E-state index contributed by atoms with van der Waals surface area (Å²) in [6, 6.07) is 15.2. The second-order valence-electron chi connectivity index (χ2n) is 6.62. The highest BCUT2D eigenvalue weighted by Gasteiger charge is 2.15. The Kier molecular flexibility index (Phi) is 4.88. The molecule has 2 heterocycles. The highest BCUT2D eigenvalue weighted by molar-refractivity contribution is 7.21. The van der Waals surface area contributed by atoms with Gasteiger partial charge in [-0.05, 0) is 49.7 Å². The largest absolute Gasteiger partial charge is 0.494 e. The van der Waals surface area contributed by atoms with Crippen LogP contribution in [-0.2, 0) is 6.54 Å². The first-order chi connectivity index (χ1) is 13.5. The number of hydrogen-bond acceptors (Lipinski definition) is 4. The zero-order chi connectivity index (χ0) is 19.7. The normalized spacial score (nSPS) is 11.1. The molecule has 0 saturated heterocycles. The molecule has 1 amide bonds. The minimum atomic E-state index is -0.185. The standard InChI is InChI=1S/C22H20N2O3S/c1-3-27-15-7-5-14(6-8-15)12-23-22(26)19-11-17-20(28-19)16-10-13(2)4-9-18(16)24-21(17)25/h4-11H,3,12H2,1-2H3,(H,23,26)(H,24,25). The summed E-state index contributed by atoms with van der Waals surface area (Å²) in [5.41, 5.74) is 2.70. The smallest absolute Gasteiger partial charge is 0.261 e. The van der Waals surface area contributed by atoms with Crippen LogP contribution in [0.25, 0.3) is 21.0 Å². The molecular weight excluding hydrogens is 372 g/mol. The number of H-pyrrole nitrogens is 1. The van der Waals surface area contributed by atoms with Gasteiger partial charge in [-0.15, -0.1) is 11.3 Å². The maximum absolute atomic E-state index is 12.6. The molecule has 6 heteroatoms. The van der Waals surface area contributed by atoms with Crippen molar-refractivity contribution in [2.24, 2.45) is 0 Å². The molecule has 2 N–H and O–H groups in total. The highest BCUT2D eigenvalue weighted by Crippen LogP contribution is 2.30. The van der Waals surface area contributed by atoms with Crippen molar-refractivity contribution in [1.29, 1.82) is 0 Å². The first kappa shape index (κ1) is 18.3. The molecule has 28 heavy (non-hydrogen) atoms. The Morgan fingerprint density at radius 1 is 1.11 bits per heavy atom. The predicted octanol–water partition coefficient (Wildman–Crippen LogP) is 4.38. The van der Waals surface area contributed by atoms with E-state index in [9.17, 15) is 9.59 Å². The summed E-state index contributed by atoms with van der Waals surface area (Å²) >= 11 is 1.35. The number of aromatic amines is 1. The average Bonchev–Trinajstić information content (AvgIpc) is 3.15. The zero-order valence-electron chi connectivity index (χ0n) is 15.7. The van der Waals surface area contributed by atoms with E-state index in [2.05, 4.69) is 10.3 Å². The lowest BCUT2D eigenvalue weighted by Crippen LogP contribution is -2.21. The highest BCUT2D eigenvalue weighted by atomic mass is 32.1. The third-order valence-electron chi connectivity index (χ3n) is 4.56. The number of ether oxygens (including phenoxy) is 1. The zero-order valence-corrected chi connectivity index (χ0v) is 16.5. The fraction of sp³-hybridized carbons (Fsp3) is 0.182.